The number of hydrogen-bond donors (Lipinski definition) is 0. The Labute approximate surface area is 174 Å². The largest absolute Gasteiger partial charge is 0.493 e. The molecule has 0 N–H and O–H groups in total. The lowest BCUT2D eigenvalue weighted by Gasteiger charge is -2.13. The van der Waals surface area contributed by atoms with Crippen LogP contribution in [0.4, 0.5) is 0 Å². The standard InChI is InChI=1S/C22H22N4O4/c1-27-17-13-16(14-18(28-2)19(17)29-3)20-24-25-21-22(23-10-11-26(20)21)30-12-9-15-7-5-4-6-8-15/h4-8,10-11,13-14H,9,12H2,1-3H3. The van der Waals surface area contributed by atoms with Gasteiger partial charge < -0.3 is 18.9 Å². The highest BCUT2D eigenvalue weighted by atomic mass is 16.5. The Morgan fingerprint density at radius 3 is 2.30 bits per heavy atom. The predicted molar refractivity (Wildman–Crippen MR) is 112 cm³/mol. The third kappa shape index (κ3) is 3.71. The summed E-state index contributed by atoms with van der Waals surface area (Å²) in [6.45, 7) is 0.489. The second-order valence-electron chi connectivity index (χ2n) is 6.45. The first-order chi connectivity index (χ1) is 14.7. The minimum atomic E-state index is 0.430. The van der Waals surface area contributed by atoms with Gasteiger partial charge in [0, 0.05) is 24.4 Å². The van der Waals surface area contributed by atoms with E-state index in [2.05, 4.69) is 27.3 Å². The second kappa shape index (κ2) is 8.69. The second-order valence-corrected chi connectivity index (χ2v) is 6.45. The predicted octanol–water partition coefficient (Wildman–Crippen LogP) is 3.44. The van der Waals surface area contributed by atoms with Gasteiger partial charge in [0.2, 0.25) is 11.4 Å². The van der Waals surface area contributed by atoms with Crippen LogP contribution in [0.1, 0.15) is 5.56 Å². The van der Waals surface area contributed by atoms with E-state index in [1.807, 2.05) is 34.7 Å². The molecule has 4 rings (SSSR count). The molecular weight excluding hydrogens is 384 g/mol. The lowest BCUT2D eigenvalue weighted by molar-refractivity contribution is 0.311. The van der Waals surface area contributed by atoms with Crippen molar-refractivity contribution < 1.29 is 18.9 Å². The van der Waals surface area contributed by atoms with E-state index in [1.165, 1.54) is 5.56 Å². The van der Waals surface area contributed by atoms with Gasteiger partial charge in [0.15, 0.2) is 17.3 Å². The van der Waals surface area contributed by atoms with E-state index in [0.29, 0.717) is 41.2 Å². The molecule has 2 heterocycles. The zero-order valence-electron chi connectivity index (χ0n) is 17.0. The Kier molecular flexibility index (Phi) is 5.65. The normalized spacial score (nSPS) is 10.8. The Morgan fingerprint density at radius 2 is 1.63 bits per heavy atom. The average molecular weight is 406 g/mol. The molecule has 0 saturated carbocycles. The maximum Gasteiger partial charge on any atom is 0.260 e. The lowest BCUT2D eigenvalue weighted by atomic mass is 10.1. The van der Waals surface area contributed by atoms with Crippen molar-refractivity contribution in [2.75, 3.05) is 27.9 Å². The van der Waals surface area contributed by atoms with Gasteiger partial charge in [-0.3, -0.25) is 4.40 Å². The first-order valence-electron chi connectivity index (χ1n) is 9.42. The fourth-order valence-corrected chi connectivity index (χ4v) is 3.22. The van der Waals surface area contributed by atoms with Gasteiger partial charge in [0.1, 0.15) is 0 Å². The average Bonchev–Trinajstić information content (AvgIpc) is 3.24. The molecule has 0 aliphatic carbocycles. The quantitative estimate of drug-likeness (QED) is 0.443. The zero-order valence-corrected chi connectivity index (χ0v) is 17.0. The molecule has 0 atom stereocenters. The van der Waals surface area contributed by atoms with Crippen molar-refractivity contribution in [3.63, 3.8) is 0 Å². The van der Waals surface area contributed by atoms with E-state index in [1.54, 1.807) is 33.7 Å². The number of hydrogen-bond acceptors (Lipinski definition) is 7. The number of rotatable bonds is 8. The highest BCUT2D eigenvalue weighted by Crippen LogP contribution is 2.41. The molecule has 8 heteroatoms. The van der Waals surface area contributed by atoms with E-state index in [4.69, 9.17) is 18.9 Å². The minimum Gasteiger partial charge on any atom is -0.493 e. The van der Waals surface area contributed by atoms with Crippen molar-refractivity contribution in [1.82, 2.24) is 19.6 Å². The SMILES string of the molecule is COc1cc(-c2nnc3c(OCCc4ccccc4)nccn23)cc(OC)c1OC. The lowest BCUT2D eigenvalue weighted by Crippen LogP contribution is -2.04. The van der Waals surface area contributed by atoms with Crippen LogP contribution >= 0.6 is 0 Å². The molecule has 0 radical (unpaired) electrons. The molecule has 0 aliphatic rings. The van der Waals surface area contributed by atoms with Crippen molar-refractivity contribution in [2.45, 2.75) is 6.42 Å². The first-order valence-corrected chi connectivity index (χ1v) is 9.42. The number of ether oxygens (including phenoxy) is 4. The zero-order chi connectivity index (χ0) is 20.9. The van der Waals surface area contributed by atoms with Crippen LogP contribution in [0.25, 0.3) is 17.0 Å². The van der Waals surface area contributed by atoms with Crippen LogP contribution in [0.2, 0.25) is 0 Å². The molecule has 8 nitrogen and oxygen atoms in total. The number of nitrogens with zero attached hydrogens (tertiary/aromatic N) is 4. The van der Waals surface area contributed by atoms with Gasteiger partial charge in [0.25, 0.3) is 5.88 Å². The van der Waals surface area contributed by atoms with Crippen molar-refractivity contribution in [3.05, 3.63) is 60.4 Å². The van der Waals surface area contributed by atoms with Crippen LogP contribution in [0.5, 0.6) is 23.1 Å². The van der Waals surface area contributed by atoms with Crippen LogP contribution in [-0.4, -0.2) is 47.5 Å². The van der Waals surface area contributed by atoms with E-state index in [9.17, 15) is 0 Å². The van der Waals surface area contributed by atoms with Gasteiger partial charge in [-0.1, -0.05) is 30.3 Å². The highest BCUT2D eigenvalue weighted by molar-refractivity contribution is 5.69. The van der Waals surface area contributed by atoms with Crippen LogP contribution < -0.4 is 18.9 Å². The summed E-state index contributed by atoms with van der Waals surface area (Å²) >= 11 is 0. The molecule has 4 aromatic rings. The summed E-state index contributed by atoms with van der Waals surface area (Å²) in [5, 5.41) is 8.63. The minimum absolute atomic E-state index is 0.430. The molecule has 0 bridgehead atoms. The third-order valence-corrected chi connectivity index (χ3v) is 4.69. The molecule has 0 unspecified atom stereocenters. The fourth-order valence-electron chi connectivity index (χ4n) is 3.22. The summed E-state index contributed by atoms with van der Waals surface area (Å²) in [6.07, 6.45) is 4.23. The molecule has 0 amide bonds. The maximum atomic E-state index is 5.89. The molecule has 0 fully saturated rings. The van der Waals surface area contributed by atoms with Gasteiger partial charge in [-0.2, -0.15) is 0 Å². The van der Waals surface area contributed by atoms with Crippen molar-refractivity contribution in [2.24, 2.45) is 0 Å². The molecule has 154 valence electrons. The smallest absolute Gasteiger partial charge is 0.260 e. The summed E-state index contributed by atoms with van der Waals surface area (Å²) in [5.74, 6) is 2.64. The number of methoxy groups -OCH3 is 3. The third-order valence-electron chi connectivity index (χ3n) is 4.69. The maximum absolute atomic E-state index is 5.89. The monoisotopic (exact) mass is 406 g/mol. The summed E-state index contributed by atoms with van der Waals surface area (Å²) in [5.41, 5.74) is 2.50. The van der Waals surface area contributed by atoms with E-state index in [0.717, 1.165) is 12.0 Å². The Morgan fingerprint density at radius 1 is 0.900 bits per heavy atom. The van der Waals surface area contributed by atoms with Crippen LogP contribution in [-0.2, 0) is 6.42 Å². The van der Waals surface area contributed by atoms with Gasteiger partial charge in [-0.15, -0.1) is 10.2 Å². The fraction of sp³-hybridized carbons (Fsp3) is 0.227. The molecule has 0 spiro atoms. The van der Waals surface area contributed by atoms with E-state index in [-0.39, 0.29) is 0 Å². The van der Waals surface area contributed by atoms with Gasteiger partial charge >= 0.3 is 0 Å². The van der Waals surface area contributed by atoms with E-state index >= 15 is 0 Å². The molecule has 0 saturated heterocycles. The van der Waals surface area contributed by atoms with Crippen LogP contribution in [0, 0.1) is 0 Å². The number of aromatic nitrogens is 4. The van der Waals surface area contributed by atoms with Crippen molar-refractivity contribution in [3.8, 4) is 34.5 Å². The molecule has 30 heavy (non-hydrogen) atoms. The molecule has 2 aromatic heterocycles. The summed E-state index contributed by atoms with van der Waals surface area (Å²) in [6, 6.07) is 13.8. The Balaban J connectivity index is 1.65. The van der Waals surface area contributed by atoms with Gasteiger partial charge in [-0.05, 0) is 17.7 Å². The van der Waals surface area contributed by atoms with Crippen LogP contribution in [0.3, 0.4) is 0 Å². The van der Waals surface area contributed by atoms with Crippen molar-refractivity contribution >= 4 is 5.65 Å². The first kappa shape index (κ1) is 19.5. The molecular formula is C22H22N4O4. The topological polar surface area (TPSA) is 80.0 Å². The van der Waals surface area contributed by atoms with Gasteiger partial charge in [-0.25, -0.2) is 4.98 Å². The highest BCUT2D eigenvalue weighted by Gasteiger charge is 2.18. The summed E-state index contributed by atoms with van der Waals surface area (Å²) in [7, 11) is 4.72. The Bertz CT molecular complexity index is 1120. The summed E-state index contributed by atoms with van der Waals surface area (Å²) in [4.78, 5) is 4.32. The van der Waals surface area contributed by atoms with E-state index < -0.39 is 0 Å². The molecule has 0 aliphatic heterocycles. The number of benzene rings is 2. The molecule has 2 aromatic carbocycles. The Hall–Kier alpha value is -3.81. The number of fused-ring (bicyclic) bond motifs is 1. The van der Waals surface area contributed by atoms with Crippen molar-refractivity contribution in [1.29, 1.82) is 0 Å². The van der Waals surface area contributed by atoms with Crippen LogP contribution in [0.15, 0.2) is 54.9 Å². The summed E-state index contributed by atoms with van der Waals surface area (Å²) < 4.78 is 24.0. The van der Waals surface area contributed by atoms with Gasteiger partial charge in [0.05, 0.1) is 27.9 Å².